The quantitative estimate of drug-likeness (QED) is 0.822. The molecular weight excluding hydrogens is 188 g/mol. The summed E-state index contributed by atoms with van der Waals surface area (Å²) in [4.78, 5) is 3.96. The van der Waals surface area contributed by atoms with Gasteiger partial charge in [-0.15, -0.1) is 0 Å². The maximum Gasteiger partial charge on any atom is 0.138 e. The van der Waals surface area contributed by atoms with Crippen LogP contribution in [0.4, 0.5) is 5.69 Å². The van der Waals surface area contributed by atoms with Gasteiger partial charge in [-0.1, -0.05) is 12.1 Å². The molecule has 1 aliphatic rings. The minimum atomic E-state index is 0.648. The fourth-order valence-electron chi connectivity index (χ4n) is 1.58. The van der Waals surface area contributed by atoms with Crippen LogP contribution in [0.2, 0.25) is 0 Å². The molecule has 0 unspecified atom stereocenters. The van der Waals surface area contributed by atoms with Gasteiger partial charge in [0.05, 0.1) is 11.4 Å². The number of nitrogens with zero attached hydrogens (tertiary/aromatic N) is 3. The van der Waals surface area contributed by atoms with E-state index in [4.69, 9.17) is 0 Å². The lowest BCUT2D eigenvalue weighted by Gasteiger charge is -2.10. The van der Waals surface area contributed by atoms with Crippen LogP contribution < -0.4 is 5.32 Å². The first kappa shape index (κ1) is 8.47. The summed E-state index contributed by atoms with van der Waals surface area (Å²) in [6.07, 6.45) is 5.80. The zero-order valence-electron chi connectivity index (χ0n) is 8.30. The molecule has 0 bridgehead atoms. The van der Waals surface area contributed by atoms with E-state index in [-0.39, 0.29) is 0 Å². The van der Waals surface area contributed by atoms with Gasteiger partial charge >= 0.3 is 0 Å². The van der Waals surface area contributed by atoms with Gasteiger partial charge in [0.2, 0.25) is 0 Å². The van der Waals surface area contributed by atoms with E-state index in [2.05, 4.69) is 21.5 Å². The average molecular weight is 200 g/mol. The molecule has 0 saturated heterocycles. The molecule has 76 valence electrons. The Bertz CT molecular complexity index is 445. The van der Waals surface area contributed by atoms with Crippen LogP contribution in [-0.4, -0.2) is 20.8 Å². The fraction of sp³-hybridized carbons (Fsp3) is 0.273. The summed E-state index contributed by atoms with van der Waals surface area (Å²) in [6, 6.07) is 8.81. The van der Waals surface area contributed by atoms with Crippen LogP contribution in [0.25, 0.3) is 5.69 Å². The van der Waals surface area contributed by atoms with Crippen molar-refractivity contribution in [3.05, 3.63) is 36.9 Å². The Balaban J connectivity index is 1.98. The molecule has 1 saturated carbocycles. The molecule has 0 spiro atoms. The molecular formula is C11H12N4. The topological polar surface area (TPSA) is 42.7 Å². The molecule has 4 nitrogen and oxygen atoms in total. The number of para-hydroxylation sites is 2. The summed E-state index contributed by atoms with van der Waals surface area (Å²) in [5.74, 6) is 0. The van der Waals surface area contributed by atoms with E-state index in [1.807, 2.05) is 18.2 Å². The highest BCUT2D eigenvalue weighted by molar-refractivity contribution is 5.61. The maximum absolute atomic E-state index is 4.14. The molecule has 1 heterocycles. The van der Waals surface area contributed by atoms with E-state index in [0.29, 0.717) is 6.04 Å². The van der Waals surface area contributed by atoms with Gasteiger partial charge in [-0.3, -0.25) is 0 Å². The van der Waals surface area contributed by atoms with Crippen molar-refractivity contribution >= 4 is 5.69 Å². The lowest BCUT2D eigenvalue weighted by molar-refractivity contribution is 0.877. The number of benzene rings is 1. The van der Waals surface area contributed by atoms with Gasteiger partial charge in [0.15, 0.2) is 0 Å². The molecule has 0 aliphatic heterocycles. The molecule has 1 fully saturated rings. The Morgan fingerprint density at radius 3 is 2.87 bits per heavy atom. The molecule has 15 heavy (non-hydrogen) atoms. The van der Waals surface area contributed by atoms with E-state index in [9.17, 15) is 0 Å². The smallest absolute Gasteiger partial charge is 0.138 e. The van der Waals surface area contributed by atoms with E-state index >= 15 is 0 Å². The molecule has 0 radical (unpaired) electrons. The second-order valence-corrected chi connectivity index (χ2v) is 3.78. The van der Waals surface area contributed by atoms with Crippen molar-refractivity contribution in [1.29, 1.82) is 0 Å². The van der Waals surface area contributed by atoms with Gasteiger partial charge in [-0.05, 0) is 25.0 Å². The molecule has 0 amide bonds. The molecule has 4 heteroatoms. The van der Waals surface area contributed by atoms with Gasteiger partial charge in [-0.25, -0.2) is 9.67 Å². The van der Waals surface area contributed by atoms with Crippen molar-refractivity contribution in [2.45, 2.75) is 18.9 Å². The van der Waals surface area contributed by atoms with Gasteiger partial charge in [-0.2, -0.15) is 5.10 Å². The highest BCUT2D eigenvalue weighted by Crippen LogP contribution is 2.27. The Hall–Kier alpha value is -1.84. The Kier molecular flexibility index (Phi) is 1.91. The van der Waals surface area contributed by atoms with Crippen LogP contribution in [0, 0.1) is 0 Å². The minimum Gasteiger partial charge on any atom is -0.381 e. The third-order valence-electron chi connectivity index (χ3n) is 2.51. The van der Waals surface area contributed by atoms with Crippen LogP contribution in [-0.2, 0) is 0 Å². The second kappa shape index (κ2) is 3.38. The van der Waals surface area contributed by atoms with Gasteiger partial charge < -0.3 is 5.32 Å². The molecule has 2 aromatic rings. The van der Waals surface area contributed by atoms with Crippen molar-refractivity contribution in [1.82, 2.24) is 14.8 Å². The zero-order chi connectivity index (χ0) is 10.1. The van der Waals surface area contributed by atoms with E-state index in [1.54, 1.807) is 17.3 Å². The van der Waals surface area contributed by atoms with E-state index in [1.165, 1.54) is 12.8 Å². The summed E-state index contributed by atoms with van der Waals surface area (Å²) in [7, 11) is 0. The molecule has 1 N–H and O–H groups in total. The van der Waals surface area contributed by atoms with Crippen LogP contribution in [0.15, 0.2) is 36.9 Å². The van der Waals surface area contributed by atoms with Crippen molar-refractivity contribution in [2.75, 3.05) is 5.32 Å². The maximum atomic E-state index is 4.14. The summed E-state index contributed by atoms with van der Waals surface area (Å²) < 4.78 is 1.78. The Morgan fingerprint density at radius 1 is 1.27 bits per heavy atom. The number of hydrogen-bond donors (Lipinski definition) is 1. The monoisotopic (exact) mass is 200 g/mol. The molecule has 1 aliphatic carbocycles. The minimum absolute atomic E-state index is 0.648. The largest absolute Gasteiger partial charge is 0.381 e. The lowest BCUT2D eigenvalue weighted by Crippen LogP contribution is -2.05. The summed E-state index contributed by atoms with van der Waals surface area (Å²) in [5.41, 5.74) is 2.19. The van der Waals surface area contributed by atoms with Gasteiger partial charge in [0.25, 0.3) is 0 Å². The highest BCUT2D eigenvalue weighted by atomic mass is 15.3. The second-order valence-electron chi connectivity index (χ2n) is 3.78. The number of aromatic nitrogens is 3. The first-order valence-electron chi connectivity index (χ1n) is 5.14. The van der Waals surface area contributed by atoms with Crippen LogP contribution >= 0.6 is 0 Å². The number of anilines is 1. The summed E-state index contributed by atoms with van der Waals surface area (Å²) in [5, 5.41) is 7.62. The zero-order valence-corrected chi connectivity index (χ0v) is 8.30. The molecule has 1 aromatic carbocycles. The summed E-state index contributed by atoms with van der Waals surface area (Å²) in [6.45, 7) is 0. The fourth-order valence-corrected chi connectivity index (χ4v) is 1.58. The average Bonchev–Trinajstić information content (AvgIpc) is 2.93. The lowest BCUT2D eigenvalue weighted by atomic mass is 10.2. The highest BCUT2D eigenvalue weighted by Gasteiger charge is 2.21. The van der Waals surface area contributed by atoms with Crippen LogP contribution in [0.3, 0.4) is 0 Å². The predicted molar refractivity (Wildman–Crippen MR) is 58.0 cm³/mol. The van der Waals surface area contributed by atoms with Crippen molar-refractivity contribution in [2.24, 2.45) is 0 Å². The SMILES string of the molecule is c1ccc(-n2cncn2)c(NC2CC2)c1. The van der Waals surface area contributed by atoms with Crippen molar-refractivity contribution < 1.29 is 0 Å². The van der Waals surface area contributed by atoms with Gasteiger partial charge in [0.1, 0.15) is 12.7 Å². The predicted octanol–water partition coefficient (Wildman–Crippen LogP) is 1.84. The third-order valence-corrected chi connectivity index (χ3v) is 2.51. The molecule has 0 atom stereocenters. The normalized spacial score (nSPS) is 15.2. The number of nitrogens with one attached hydrogen (secondary N) is 1. The standard InChI is InChI=1S/C11H12N4/c1-2-4-11(15-8-12-7-13-15)10(3-1)14-9-5-6-9/h1-4,7-9,14H,5-6H2. The Labute approximate surface area is 88.0 Å². The first-order chi connectivity index (χ1) is 7.43. The first-order valence-corrected chi connectivity index (χ1v) is 5.14. The molecule has 1 aromatic heterocycles. The third kappa shape index (κ3) is 1.70. The number of hydrogen-bond acceptors (Lipinski definition) is 3. The van der Waals surface area contributed by atoms with Crippen molar-refractivity contribution in [3.63, 3.8) is 0 Å². The number of rotatable bonds is 3. The van der Waals surface area contributed by atoms with Crippen LogP contribution in [0.1, 0.15) is 12.8 Å². The van der Waals surface area contributed by atoms with Gasteiger partial charge in [0, 0.05) is 6.04 Å². The Morgan fingerprint density at radius 2 is 2.13 bits per heavy atom. The van der Waals surface area contributed by atoms with Crippen molar-refractivity contribution in [3.8, 4) is 5.69 Å². The van der Waals surface area contributed by atoms with E-state index < -0.39 is 0 Å². The molecule has 3 rings (SSSR count). The van der Waals surface area contributed by atoms with E-state index in [0.717, 1.165) is 11.4 Å². The summed E-state index contributed by atoms with van der Waals surface area (Å²) >= 11 is 0. The van der Waals surface area contributed by atoms with Crippen LogP contribution in [0.5, 0.6) is 0 Å².